The Hall–Kier alpha value is -4.16. The minimum atomic E-state index is -0.598. The molecule has 0 aliphatic heterocycles. The zero-order chi connectivity index (χ0) is 30.5. The normalized spacial score (nSPS) is 12.8. The van der Waals surface area contributed by atoms with Crippen molar-refractivity contribution in [1.29, 1.82) is 0 Å². The number of esters is 1. The zero-order valence-corrected chi connectivity index (χ0v) is 26.1. The number of aromatic nitrogens is 3. The van der Waals surface area contributed by atoms with E-state index in [1.54, 1.807) is 31.6 Å². The van der Waals surface area contributed by atoms with E-state index in [-0.39, 0.29) is 25.0 Å². The molecule has 43 heavy (non-hydrogen) atoms. The van der Waals surface area contributed by atoms with Gasteiger partial charge in [0.1, 0.15) is 10.8 Å². The lowest BCUT2D eigenvalue weighted by atomic mass is 10.1. The largest absolute Gasteiger partial charge is 0.495 e. The Morgan fingerprint density at radius 1 is 1.12 bits per heavy atom. The highest BCUT2D eigenvalue weighted by molar-refractivity contribution is 8.00. The molecule has 0 saturated carbocycles. The molecular weight excluding hydrogens is 587 g/mol. The van der Waals surface area contributed by atoms with Crippen LogP contribution in [0.4, 0.5) is 5.00 Å². The topological polar surface area (TPSA) is 124 Å². The highest BCUT2D eigenvalue weighted by atomic mass is 32.2. The summed E-state index contributed by atoms with van der Waals surface area (Å²) >= 11 is 2.66. The molecular formula is C31H33N5O5S2. The predicted octanol–water partition coefficient (Wildman–Crippen LogP) is 5.36. The summed E-state index contributed by atoms with van der Waals surface area (Å²) in [5.41, 5.74) is 3.65. The first-order valence-electron chi connectivity index (χ1n) is 14.0. The van der Waals surface area contributed by atoms with Crippen molar-refractivity contribution in [2.24, 2.45) is 0 Å². The molecule has 0 fully saturated rings. The molecule has 0 bridgehead atoms. The van der Waals surface area contributed by atoms with Crippen molar-refractivity contribution in [3.05, 3.63) is 81.5 Å². The lowest BCUT2D eigenvalue weighted by Crippen LogP contribution is -2.25. The molecule has 12 heteroatoms. The van der Waals surface area contributed by atoms with E-state index < -0.39 is 11.2 Å². The third-order valence-electron chi connectivity index (χ3n) is 7.00. The van der Waals surface area contributed by atoms with Crippen molar-refractivity contribution in [1.82, 2.24) is 20.1 Å². The number of carbonyl (C=O) groups is 3. The summed E-state index contributed by atoms with van der Waals surface area (Å²) in [4.78, 5) is 40.2. The SMILES string of the molecule is CCOC(=O)c1c(NC(=O)[C@@H](C)Sc2nnc(CNC(=O)c3cccc(C)c3)n2-c2ccccc2OC)sc2c1CCC2. The van der Waals surface area contributed by atoms with E-state index >= 15 is 0 Å². The molecule has 2 amide bonds. The lowest BCUT2D eigenvalue weighted by Gasteiger charge is -2.16. The number of hydrogen-bond donors (Lipinski definition) is 2. The molecule has 5 rings (SSSR count). The monoisotopic (exact) mass is 619 g/mol. The second kappa shape index (κ2) is 13.4. The Balaban J connectivity index is 1.39. The second-order valence-corrected chi connectivity index (χ2v) is 12.4. The maximum Gasteiger partial charge on any atom is 0.341 e. The van der Waals surface area contributed by atoms with Gasteiger partial charge in [-0.25, -0.2) is 4.79 Å². The highest BCUT2D eigenvalue weighted by Gasteiger charge is 2.30. The van der Waals surface area contributed by atoms with Crippen LogP contribution in [0.5, 0.6) is 5.75 Å². The maximum atomic E-state index is 13.4. The number of thioether (sulfide) groups is 1. The third kappa shape index (κ3) is 6.60. The van der Waals surface area contributed by atoms with E-state index in [4.69, 9.17) is 9.47 Å². The first-order chi connectivity index (χ1) is 20.8. The number of nitrogens with one attached hydrogen (secondary N) is 2. The lowest BCUT2D eigenvalue weighted by molar-refractivity contribution is -0.115. The number of methoxy groups -OCH3 is 1. The van der Waals surface area contributed by atoms with Gasteiger partial charge in [0.05, 0.1) is 36.8 Å². The first kappa shape index (κ1) is 30.3. The molecule has 1 atom stereocenters. The standard InChI is InChI=1S/C31H33N5O5S2/c1-5-41-30(39)26-21-12-9-15-24(21)43-29(26)33-27(37)19(3)42-31-35-34-25(36(31)22-13-6-7-14-23(22)40-4)17-32-28(38)20-11-8-10-18(2)16-20/h6-8,10-11,13-14,16,19H,5,9,12,15,17H2,1-4H3,(H,32,38)(H,33,37)/t19-/m1/s1. The van der Waals surface area contributed by atoms with Crippen molar-refractivity contribution < 1.29 is 23.9 Å². The van der Waals surface area contributed by atoms with Gasteiger partial charge >= 0.3 is 5.97 Å². The summed E-state index contributed by atoms with van der Waals surface area (Å²) in [6.07, 6.45) is 2.67. The summed E-state index contributed by atoms with van der Waals surface area (Å²) in [5.74, 6) is 0.130. The Labute approximate surface area is 258 Å². The number of aryl methyl sites for hydroxylation is 2. The third-order valence-corrected chi connectivity index (χ3v) is 9.25. The van der Waals surface area contributed by atoms with Crippen LogP contribution in [0.25, 0.3) is 5.69 Å². The predicted molar refractivity (Wildman–Crippen MR) is 167 cm³/mol. The minimum absolute atomic E-state index is 0.0998. The van der Waals surface area contributed by atoms with Crippen molar-refractivity contribution >= 4 is 45.9 Å². The van der Waals surface area contributed by atoms with Gasteiger partial charge < -0.3 is 20.1 Å². The molecule has 4 aromatic rings. The average Bonchev–Trinajstić information content (AvgIpc) is 3.70. The van der Waals surface area contributed by atoms with Gasteiger partial charge in [0.2, 0.25) is 5.91 Å². The van der Waals surface area contributed by atoms with E-state index in [9.17, 15) is 14.4 Å². The Kier molecular flexibility index (Phi) is 9.46. The highest BCUT2D eigenvalue weighted by Crippen LogP contribution is 2.40. The Morgan fingerprint density at radius 3 is 2.70 bits per heavy atom. The molecule has 2 aromatic carbocycles. The molecule has 0 spiro atoms. The second-order valence-electron chi connectivity index (χ2n) is 9.99. The van der Waals surface area contributed by atoms with Gasteiger partial charge in [-0.3, -0.25) is 14.2 Å². The van der Waals surface area contributed by atoms with Crippen molar-refractivity contribution in [3.63, 3.8) is 0 Å². The molecule has 1 aliphatic carbocycles. The summed E-state index contributed by atoms with van der Waals surface area (Å²) in [6.45, 7) is 5.82. The number of nitrogens with zero attached hydrogens (tertiary/aromatic N) is 3. The van der Waals surface area contributed by atoms with Crippen LogP contribution < -0.4 is 15.4 Å². The molecule has 2 heterocycles. The number of anilines is 1. The summed E-state index contributed by atoms with van der Waals surface area (Å²) in [7, 11) is 1.57. The number of thiophene rings is 1. The van der Waals surface area contributed by atoms with E-state index in [1.165, 1.54) is 23.1 Å². The van der Waals surface area contributed by atoms with E-state index in [1.807, 2.05) is 49.4 Å². The van der Waals surface area contributed by atoms with Crippen LogP contribution in [0, 0.1) is 6.92 Å². The molecule has 10 nitrogen and oxygen atoms in total. The quantitative estimate of drug-likeness (QED) is 0.170. The van der Waals surface area contributed by atoms with Gasteiger partial charge in [-0.15, -0.1) is 21.5 Å². The number of carbonyl (C=O) groups excluding carboxylic acids is 3. The number of para-hydroxylation sites is 2. The smallest absolute Gasteiger partial charge is 0.341 e. The molecule has 0 radical (unpaired) electrons. The van der Waals surface area contributed by atoms with Crippen molar-refractivity contribution in [2.45, 2.75) is 57.0 Å². The van der Waals surface area contributed by atoms with Gasteiger partial charge in [-0.1, -0.05) is 41.6 Å². The van der Waals surface area contributed by atoms with E-state index in [2.05, 4.69) is 20.8 Å². The van der Waals surface area contributed by atoms with Crippen molar-refractivity contribution in [3.8, 4) is 11.4 Å². The number of hydrogen-bond acceptors (Lipinski definition) is 9. The first-order valence-corrected chi connectivity index (χ1v) is 15.7. The fourth-order valence-corrected chi connectivity index (χ4v) is 7.09. The minimum Gasteiger partial charge on any atom is -0.495 e. The molecule has 2 aromatic heterocycles. The number of amides is 2. The number of rotatable bonds is 11. The summed E-state index contributed by atoms with van der Waals surface area (Å²) < 4.78 is 12.7. The fraction of sp³-hybridized carbons (Fsp3) is 0.323. The Bertz CT molecular complexity index is 1660. The zero-order valence-electron chi connectivity index (χ0n) is 24.4. The van der Waals surface area contributed by atoms with Crippen LogP contribution in [-0.4, -0.2) is 51.5 Å². The van der Waals surface area contributed by atoms with Crippen LogP contribution in [0.2, 0.25) is 0 Å². The molecule has 224 valence electrons. The van der Waals surface area contributed by atoms with E-state index in [0.717, 1.165) is 35.3 Å². The van der Waals surface area contributed by atoms with Crippen LogP contribution in [-0.2, 0) is 28.9 Å². The van der Waals surface area contributed by atoms with E-state index in [0.29, 0.717) is 38.5 Å². The number of ether oxygens (including phenoxy) is 2. The van der Waals surface area contributed by atoms with Crippen LogP contribution in [0.15, 0.2) is 53.7 Å². The molecule has 2 N–H and O–H groups in total. The van der Waals surface area contributed by atoms with Gasteiger partial charge in [-0.05, 0) is 69.9 Å². The number of fused-ring (bicyclic) bond motifs is 1. The van der Waals surface area contributed by atoms with Gasteiger partial charge in [-0.2, -0.15) is 0 Å². The van der Waals surface area contributed by atoms with Crippen LogP contribution in [0.3, 0.4) is 0 Å². The number of benzene rings is 2. The summed E-state index contributed by atoms with van der Waals surface area (Å²) in [6, 6.07) is 14.7. The fourth-order valence-electron chi connectivity index (χ4n) is 4.93. The van der Waals surface area contributed by atoms with Gasteiger partial charge in [0.25, 0.3) is 5.91 Å². The average molecular weight is 620 g/mol. The molecule has 1 aliphatic rings. The maximum absolute atomic E-state index is 13.4. The molecule has 0 unspecified atom stereocenters. The summed E-state index contributed by atoms with van der Waals surface area (Å²) in [5, 5.41) is 15.0. The van der Waals surface area contributed by atoms with Crippen LogP contribution >= 0.6 is 23.1 Å². The molecule has 0 saturated heterocycles. The van der Waals surface area contributed by atoms with Crippen molar-refractivity contribution in [2.75, 3.05) is 19.0 Å². The Morgan fingerprint density at radius 2 is 1.93 bits per heavy atom. The van der Waals surface area contributed by atoms with Crippen LogP contribution in [0.1, 0.15) is 62.8 Å². The van der Waals surface area contributed by atoms with Gasteiger partial charge in [0.15, 0.2) is 11.0 Å². The van der Waals surface area contributed by atoms with Gasteiger partial charge in [0, 0.05) is 10.4 Å².